The third-order valence-corrected chi connectivity index (χ3v) is 3.78. The third kappa shape index (κ3) is 3.95. The molecule has 2 aromatic carbocycles. The summed E-state index contributed by atoms with van der Waals surface area (Å²) >= 11 is 0. The lowest BCUT2D eigenvalue weighted by molar-refractivity contribution is 0.374. The number of benzene rings is 2. The van der Waals surface area contributed by atoms with E-state index in [-0.39, 0.29) is 11.6 Å². The zero-order valence-corrected chi connectivity index (χ0v) is 15.2. The van der Waals surface area contributed by atoms with E-state index in [2.05, 4.69) is 15.3 Å². The maximum absolute atomic E-state index is 6.21. The third-order valence-electron chi connectivity index (χ3n) is 3.78. The number of ether oxygens (including phenoxy) is 4. The number of hydrogen-bond donors (Lipinski definition) is 2. The Labute approximate surface area is 156 Å². The van der Waals surface area contributed by atoms with Crippen molar-refractivity contribution in [3.63, 3.8) is 0 Å². The summed E-state index contributed by atoms with van der Waals surface area (Å²) in [6.45, 7) is 0. The van der Waals surface area contributed by atoms with E-state index >= 15 is 0 Å². The number of nitrogens with two attached hydrogens (primary N) is 1. The Kier molecular flexibility index (Phi) is 5.46. The van der Waals surface area contributed by atoms with Crippen LogP contribution in [0, 0.1) is 0 Å². The molecular formula is C19H20N4O4. The first-order valence-electron chi connectivity index (χ1n) is 8.06. The van der Waals surface area contributed by atoms with Crippen LogP contribution >= 0.6 is 0 Å². The van der Waals surface area contributed by atoms with E-state index in [0.29, 0.717) is 34.5 Å². The standard InChI is InChI=1S/C19H20N4O4/c1-24-12-8-9-14(25-2)13(10-12)23-18-17(20)19(22-11-21-18)27-16-7-5-4-6-15(16)26-3/h4-11H,20H2,1-3H3,(H,21,22,23). The van der Waals surface area contributed by atoms with Crippen LogP contribution in [0.15, 0.2) is 48.8 Å². The number of nitrogen functional groups attached to an aromatic ring is 1. The topological polar surface area (TPSA) is 101 Å². The fraction of sp³-hybridized carbons (Fsp3) is 0.158. The Morgan fingerprint density at radius 2 is 1.59 bits per heavy atom. The molecule has 3 N–H and O–H groups in total. The molecule has 0 unspecified atom stereocenters. The summed E-state index contributed by atoms with van der Waals surface area (Å²) in [7, 11) is 4.73. The number of rotatable bonds is 7. The van der Waals surface area contributed by atoms with Gasteiger partial charge in [0.1, 0.15) is 23.5 Å². The first kappa shape index (κ1) is 18.1. The van der Waals surface area contributed by atoms with Crippen LogP contribution in [-0.2, 0) is 0 Å². The molecule has 0 aliphatic rings. The van der Waals surface area contributed by atoms with E-state index < -0.39 is 0 Å². The molecule has 0 amide bonds. The monoisotopic (exact) mass is 368 g/mol. The van der Waals surface area contributed by atoms with Gasteiger partial charge in [0.15, 0.2) is 17.3 Å². The number of aromatic nitrogens is 2. The van der Waals surface area contributed by atoms with Gasteiger partial charge in [-0.05, 0) is 24.3 Å². The molecule has 8 heteroatoms. The summed E-state index contributed by atoms with van der Waals surface area (Å²) in [6, 6.07) is 12.6. The largest absolute Gasteiger partial charge is 0.497 e. The molecule has 0 radical (unpaired) electrons. The molecule has 0 saturated carbocycles. The minimum absolute atomic E-state index is 0.207. The number of methoxy groups -OCH3 is 3. The van der Waals surface area contributed by atoms with Crippen molar-refractivity contribution >= 4 is 17.2 Å². The Balaban J connectivity index is 1.92. The lowest BCUT2D eigenvalue weighted by Gasteiger charge is -2.15. The van der Waals surface area contributed by atoms with E-state index in [1.165, 1.54) is 6.33 Å². The highest BCUT2D eigenvalue weighted by Crippen LogP contribution is 2.37. The molecule has 1 heterocycles. The number of hydrogen-bond acceptors (Lipinski definition) is 8. The van der Waals surface area contributed by atoms with Gasteiger partial charge in [-0.1, -0.05) is 12.1 Å². The van der Waals surface area contributed by atoms with Gasteiger partial charge >= 0.3 is 0 Å². The zero-order chi connectivity index (χ0) is 19.2. The Hall–Kier alpha value is -3.68. The van der Waals surface area contributed by atoms with Gasteiger partial charge in [0.25, 0.3) is 0 Å². The van der Waals surface area contributed by atoms with Crippen molar-refractivity contribution in [2.75, 3.05) is 32.4 Å². The molecule has 0 saturated heterocycles. The fourth-order valence-corrected chi connectivity index (χ4v) is 2.41. The number of para-hydroxylation sites is 2. The van der Waals surface area contributed by atoms with Gasteiger partial charge in [0.2, 0.25) is 5.88 Å². The van der Waals surface area contributed by atoms with Crippen LogP contribution in [0.4, 0.5) is 17.2 Å². The van der Waals surface area contributed by atoms with Gasteiger partial charge in [-0.3, -0.25) is 0 Å². The molecule has 27 heavy (non-hydrogen) atoms. The van der Waals surface area contributed by atoms with Gasteiger partial charge in [-0.25, -0.2) is 4.98 Å². The molecule has 0 spiro atoms. The van der Waals surface area contributed by atoms with Gasteiger partial charge in [-0.2, -0.15) is 4.98 Å². The lowest BCUT2D eigenvalue weighted by Crippen LogP contribution is -2.04. The minimum atomic E-state index is 0.207. The summed E-state index contributed by atoms with van der Waals surface area (Å²) in [5.41, 5.74) is 7.09. The van der Waals surface area contributed by atoms with Gasteiger partial charge in [0.05, 0.1) is 27.0 Å². The highest BCUT2D eigenvalue weighted by molar-refractivity contribution is 5.75. The molecular weight excluding hydrogens is 348 g/mol. The van der Waals surface area contributed by atoms with Crippen molar-refractivity contribution in [1.29, 1.82) is 0 Å². The van der Waals surface area contributed by atoms with E-state index in [9.17, 15) is 0 Å². The first-order valence-corrected chi connectivity index (χ1v) is 8.06. The Bertz CT molecular complexity index is 933. The van der Waals surface area contributed by atoms with Crippen LogP contribution in [0.25, 0.3) is 0 Å². The van der Waals surface area contributed by atoms with Crippen LogP contribution in [0.2, 0.25) is 0 Å². The van der Waals surface area contributed by atoms with E-state index in [1.54, 1.807) is 51.7 Å². The summed E-state index contributed by atoms with van der Waals surface area (Å²) in [5.74, 6) is 2.92. The van der Waals surface area contributed by atoms with E-state index in [4.69, 9.17) is 24.7 Å². The molecule has 140 valence electrons. The fourth-order valence-electron chi connectivity index (χ4n) is 2.41. The van der Waals surface area contributed by atoms with E-state index in [0.717, 1.165) is 0 Å². The van der Waals surface area contributed by atoms with Crippen LogP contribution in [0.5, 0.6) is 28.9 Å². The average Bonchev–Trinajstić information content (AvgIpc) is 2.71. The quantitative estimate of drug-likeness (QED) is 0.652. The predicted molar refractivity (Wildman–Crippen MR) is 102 cm³/mol. The summed E-state index contributed by atoms with van der Waals surface area (Å²) in [4.78, 5) is 8.31. The van der Waals surface area contributed by atoms with Crippen molar-refractivity contribution in [2.24, 2.45) is 0 Å². The second kappa shape index (κ2) is 8.13. The molecule has 0 aliphatic carbocycles. The summed E-state index contributed by atoms with van der Waals surface area (Å²) in [6.07, 6.45) is 1.36. The molecule has 1 aromatic heterocycles. The normalized spacial score (nSPS) is 10.2. The first-order chi connectivity index (χ1) is 13.2. The van der Waals surface area contributed by atoms with Gasteiger partial charge in [0, 0.05) is 6.07 Å². The average molecular weight is 368 g/mol. The molecule has 3 rings (SSSR count). The van der Waals surface area contributed by atoms with Crippen LogP contribution in [0.3, 0.4) is 0 Å². The predicted octanol–water partition coefficient (Wildman–Crippen LogP) is 3.62. The van der Waals surface area contributed by atoms with Crippen molar-refractivity contribution in [3.8, 4) is 28.9 Å². The molecule has 0 fully saturated rings. The Morgan fingerprint density at radius 1 is 0.852 bits per heavy atom. The summed E-state index contributed by atoms with van der Waals surface area (Å²) in [5, 5.41) is 3.13. The summed E-state index contributed by atoms with van der Waals surface area (Å²) < 4.78 is 21.7. The molecule has 8 nitrogen and oxygen atoms in total. The van der Waals surface area contributed by atoms with Crippen LogP contribution in [-0.4, -0.2) is 31.3 Å². The molecule has 0 bridgehead atoms. The smallest absolute Gasteiger partial charge is 0.248 e. The molecule has 0 aliphatic heterocycles. The SMILES string of the molecule is COc1ccc(OC)c(Nc2ncnc(Oc3ccccc3OC)c2N)c1. The van der Waals surface area contributed by atoms with Crippen LogP contribution < -0.4 is 30.0 Å². The van der Waals surface area contributed by atoms with Gasteiger partial charge in [-0.15, -0.1) is 0 Å². The number of nitrogens with zero attached hydrogens (tertiary/aromatic N) is 2. The van der Waals surface area contributed by atoms with E-state index in [1.807, 2.05) is 12.1 Å². The van der Waals surface area contributed by atoms with Crippen molar-refractivity contribution in [1.82, 2.24) is 9.97 Å². The van der Waals surface area contributed by atoms with Gasteiger partial charge < -0.3 is 30.0 Å². The highest BCUT2D eigenvalue weighted by Gasteiger charge is 2.14. The number of nitrogens with one attached hydrogen (secondary N) is 1. The zero-order valence-electron chi connectivity index (χ0n) is 15.2. The minimum Gasteiger partial charge on any atom is -0.497 e. The Morgan fingerprint density at radius 3 is 2.30 bits per heavy atom. The maximum Gasteiger partial charge on any atom is 0.248 e. The second-order valence-corrected chi connectivity index (χ2v) is 5.39. The van der Waals surface area contributed by atoms with Crippen LogP contribution in [0.1, 0.15) is 0 Å². The molecule has 0 atom stereocenters. The highest BCUT2D eigenvalue weighted by atomic mass is 16.5. The van der Waals surface area contributed by atoms with Crippen molar-refractivity contribution in [2.45, 2.75) is 0 Å². The van der Waals surface area contributed by atoms with Crippen molar-refractivity contribution < 1.29 is 18.9 Å². The molecule has 3 aromatic rings. The second-order valence-electron chi connectivity index (χ2n) is 5.39. The number of anilines is 3. The lowest BCUT2D eigenvalue weighted by atomic mass is 10.2. The van der Waals surface area contributed by atoms with Crippen molar-refractivity contribution in [3.05, 3.63) is 48.8 Å². The maximum atomic E-state index is 6.21.